The number of benzene rings is 2. The average Bonchev–Trinajstić information content (AvgIpc) is 2.97. The van der Waals surface area contributed by atoms with Gasteiger partial charge < -0.3 is 5.32 Å². The van der Waals surface area contributed by atoms with Crippen molar-refractivity contribution >= 4 is 11.3 Å². The summed E-state index contributed by atoms with van der Waals surface area (Å²) in [5.41, 5.74) is 10.4. The molecule has 2 aromatic rings. The molecule has 1 nitrogen and oxygen atoms in total. The summed E-state index contributed by atoms with van der Waals surface area (Å²) in [5.74, 6) is 0. The van der Waals surface area contributed by atoms with Crippen LogP contribution >= 0.6 is 0 Å². The zero-order chi connectivity index (χ0) is 17.3. The van der Waals surface area contributed by atoms with Crippen LogP contribution in [0, 0.1) is 20.8 Å². The molecule has 1 aliphatic carbocycles. The van der Waals surface area contributed by atoms with E-state index < -0.39 is 0 Å². The van der Waals surface area contributed by atoms with Crippen LogP contribution in [0.4, 0.5) is 5.69 Å². The first-order chi connectivity index (χ1) is 11.5. The van der Waals surface area contributed by atoms with Crippen LogP contribution in [0.5, 0.6) is 0 Å². The summed E-state index contributed by atoms with van der Waals surface area (Å²) >= 11 is 0. The van der Waals surface area contributed by atoms with E-state index >= 15 is 0 Å². The van der Waals surface area contributed by atoms with E-state index in [4.69, 9.17) is 5.32 Å². The standard InChI is InChI=1S/C23H26N.Ti/c1-15-10-11-20(14-15)22-9-7-6-8-21(22)19(5)24-23-17(3)12-16(2)13-18(23)4;/h6-10,12-14,19H,11H2,1-5H3;/q-1;. The molecule has 0 saturated heterocycles. The second-order valence-electron chi connectivity index (χ2n) is 6.96. The molecule has 0 saturated carbocycles. The molecule has 128 valence electrons. The van der Waals surface area contributed by atoms with Crippen molar-refractivity contribution in [1.29, 1.82) is 0 Å². The van der Waals surface area contributed by atoms with Crippen LogP contribution in [0.3, 0.4) is 0 Å². The van der Waals surface area contributed by atoms with Gasteiger partial charge in [-0.1, -0.05) is 89.3 Å². The van der Waals surface area contributed by atoms with E-state index in [1.165, 1.54) is 39.0 Å². The number of hydrogen-bond donors (Lipinski definition) is 0. The van der Waals surface area contributed by atoms with Crippen molar-refractivity contribution in [3.63, 3.8) is 0 Å². The molecule has 0 amide bonds. The number of nitrogens with zero attached hydrogens (tertiary/aromatic N) is 1. The molecule has 2 aromatic carbocycles. The Morgan fingerprint density at radius 2 is 1.60 bits per heavy atom. The maximum Gasteiger partial charge on any atom is 0 e. The largest absolute Gasteiger partial charge is 0.678 e. The van der Waals surface area contributed by atoms with Crippen LogP contribution in [0.15, 0.2) is 54.1 Å². The summed E-state index contributed by atoms with van der Waals surface area (Å²) in [5, 5.41) is 5.08. The summed E-state index contributed by atoms with van der Waals surface area (Å²) in [4.78, 5) is 0. The predicted octanol–water partition coefficient (Wildman–Crippen LogP) is 7.11. The van der Waals surface area contributed by atoms with Crippen molar-refractivity contribution < 1.29 is 21.7 Å². The van der Waals surface area contributed by atoms with Gasteiger partial charge in [0.1, 0.15) is 0 Å². The van der Waals surface area contributed by atoms with E-state index in [2.05, 4.69) is 83.2 Å². The first-order valence-electron chi connectivity index (χ1n) is 8.71. The van der Waals surface area contributed by atoms with Gasteiger partial charge >= 0.3 is 0 Å². The van der Waals surface area contributed by atoms with Gasteiger partial charge in [0.05, 0.1) is 0 Å². The molecule has 1 aliphatic rings. The van der Waals surface area contributed by atoms with E-state index in [1.807, 2.05) is 0 Å². The van der Waals surface area contributed by atoms with E-state index in [0.717, 1.165) is 12.1 Å². The van der Waals surface area contributed by atoms with Crippen LogP contribution in [-0.2, 0) is 21.7 Å². The van der Waals surface area contributed by atoms with Gasteiger partial charge in [0.15, 0.2) is 0 Å². The third-order valence-corrected chi connectivity index (χ3v) is 4.76. The van der Waals surface area contributed by atoms with Crippen molar-refractivity contribution in [2.75, 3.05) is 0 Å². The Morgan fingerprint density at radius 3 is 2.20 bits per heavy atom. The summed E-state index contributed by atoms with van der Waals surface area (Å²) < 4.78 is 0. The smallest absolute Gasteiger partial charge is 0 e. The van der Waals surface area contributed by atoms with Crippen molar-refractivity contribution in [2.45, 2.75) is 47.1 Å². The van der Waals surface area contributed by atoms with Gasteiger partial charge in [0.25, 0.3) is 0 Å². The maximum atomic E-state index is 5.08. The van der Waals surface area contributed by atoms with Crippen molar-refractivity contribution in [2.24, 2.45) is 0 Å². The Balaban J connectivity index is 0.00000225. The first-order valence-corrected chi connectivity index (χ1v) is 8.71. The zero-order valence-corrected chi connectivity index (χ0v) is 17.4. The molecule has 0 spiro atoms. The number of allylic oxidation sites excluding steroid dienone is 4. The minimum atomic E-state index is 0. The fourth-order valence-electron chi connectivity index (χ4n) is 3.64. The molecule has 0 radical (unpaired) electrons. The molecule has 0 bridgehead atoms. The number of rotatable bonds is 4. The summed E-state index contributed by atoms with van der Waals surface area (Å²) in [6.45, 7) is 10.8. The van der Waals surface area contributed by atoms with Crippen LogP contribution in [0.1, 0.15) is 54.1 Å². The SMILES string of the molecule is CC1=CCC(c2ccccc2C(C)[N-]c2c(C)cc(C)cc2C)=C1.[Ti]. The molecule has 1 unspecified atom stereocenters. The van der Waals surface area contributed by atoms with Crippen molar-refractivity contribution in [3.8, 4) is 0 Å². The van der Waals surface area contributed by atoms with Gasteiger partial charge in [-0.15, -0.1) is 5.69 Å². The van der Waals surface area contributed by atoms with Crippen LogP contribution in [0.2, 0.25) is 0 Å². The number of aryl methyl sites for hydroxylation is 3. The van der Waals surface area contributed by atoms with Crippen molar-refractivity contribution in [1.82, 2.24) is 0 Å². The molecule has 0 aromatic heterocycles. The quantitative estimate of drug-likeness (QED) is 0.513. The van der Waals surface area contributed by atoms with Gasteiger partial charge in [0.2, 0.25) is 0 Å². The average molecular weight is 364 g/mol. The monoisotopic (exact) mass is 364 g/mol. The summed E-state index contributed by atoms with van der Waals surface area (Å²) in [6, 6.07) is 13.3. The molecule has 0 heterocycles. The van der Waals surface area contributed by atoms with Gasteiger partial charge in [-0.25, -0.2) is 0 Å². The fraction of sp³-hybridized carbons (Fsp3) is 0.304. The Hall–Kier alpha value is -1.57. The summed E-state index contributed by atoms with van der Waals surface area (Å²) in [6.07, 6.45) is 5.62. The normalized spacial score (nSPS) is 14.4. The van der Waals surface area contributed by atoms with Gasteiger partial charge in [-0.3, -0.25) is 0 Å². The van der Waals surface area contributed by atoms with Crippen LogP contribution < -0.4 is 0 Å². The Labute approximate surface area is 167 Å². The molecular formula is C23H26NTi-. The fourth-order valence-corrected chi connectivity index (χ4v) is 3.64. The van der Waals surface area contributed by atoms with Crippen LogP contribution in [0.25, 0.3) is 10.9 Å². The molecule has 1 atom stereocenters. The predicted molar refractivity (Wildman–Crippen MR) is 105 cm³/mol. The Bertz CT molecular complexity index is 807. The Kier molecular flexibility index (Phi) is 6.49. The van der Waals surface area contributed by atoms with Gasteiger partial charge in [-0.05, 0) is 45.3 Å². The van der Waals surface area contributed by atoms with Crippen molar-refractivity contribution in [3.05, 3.63) is 87.3 Å². The Morgan fingerprint density at radius 1 is 0.960 bits per heavy atom. The minimum Gasteiger partial charge on any atom is -0.678 e. The van der Waals surface area contributed by atoms with E-state index in [9.17, 15) is 0 Å². The van der Waals surface area contributed by atoms with E-state index in [0.29, 0.717) is 0 Å². The second-order valence-corrected chi connectivity index (χ2v) is 6.96. The third kappa shape index (κ3) is 4.34. The summed E-state index contributed by atoms with van der Waals surface area (Å²) in [7, 11) is 0. The molecule has 3 rings (SSSR count). The van der Waals surface area contributed by atoms with Gasteiger partial charge in [-0.2, -0.15) is 0 Å². The molecular weight excluding hydrogens is 338 g/mol. The van der Waals surface area contributed by atoms with Gasteiger partial charge in [0, 0.05) is 21.7 Å². The molecule has 2 heteroatoms. The van der Waals surface area contributed by atoms with E-state index in [-0.39, 0.29) is 27.8 Å². The molecule has 0 fully saturated rings. The molecule has 0 aliphatic heterocycles. The topological polar surface area (TPSA) is 14.1 Å². The second kappa shape index (κ2) is 8.21. The van der Waals surface area contributed by atoms with E-state index in [1.54, 1.807) is 0 Å². The number of hydrogen-bond acceptors (Lipinski definition) is 0. The third-order valence-electron chi connectivity index (χ3n) is 4.76. The van der Waals surface area contributed by atoms with Crippen LogP contribution in [-0.4, -0.2) is 0 Å². The zero-order valence-electron chi connectivity index (χ0n) is 15.9. The minimum absolute atomic E-state index is 0. The molecule has 25 heavy (non-hydrogen) atoms. The molecule has 0 N–H and O–H groups in total. The maximum absolute atomic E-state index is 5.08. The first kappa shape index (κ1) is 19.8.